The summed E-state index contributed by atoms with van der Waals surface area (Å²) in [5, 5.41) is 0.422. The minimum Gasteiger partial charge on any atom is -0.465 e. The number of aromatic nitrogens is 3. The fourth-order valence-corrected chi connectivity index (χ4v) is 1.30. The fourth-order valence-electron chi connectivity index (χ4n) is 0.689. The molecule has 0 aliphatic rings. The van der Waals surface area contributed by atoms with Crippen molar-refractivity contribution in [3.05, 3.63) is 6.33 Å². The van der Waals surface area contributed by atoms with E-state index in [0.29, 0.717) is 11.8 Å². The third kappa shape index (κ3) is 3.56. The summed E-state index contributed by atoms with van der Waals surface area (Å²) in [7, 11) is 0. The number of nitrogens with two attached hydrogens (primary N) is 1. The molecule has 1 aromatic rings. The molecule has 7 heteroatoms. The van der Waals surface area contributed by atoms with Crippen LogP contribution in [0.15, 0.2) is 11.5 Å². The van der Waals surface area contributed by atoms with Gasteiger partial charge >= 0.3 is 5.97 Å². The van der Waals surface area contributed by atoms with Crippen LogP contribution in [0.1, 0.15) is 6.92 Å². The van der Waals surface area contributed by atoms with Crippen LogP contribution in [-0.2, 0) is 9.53 Å². The molecule has 1 aromatic heterocycles. The first-order valence-electron chi connectivity index (χ1n) is 3.95. The predicted molar refractivity (Wildman–Crippen MR) is 51.6 cm³/mol. The maximum absolute atomic E-state index is 11.0. The summed E-state index contributed by atoms with van der Waals surface area (Å²) in [5.41, 5.74) is 5.33. The first-order chi connectivity index (χ1) is 6.72. The predicted octanol–water partition coefficient (Wildman–Crippen LogP) is 0.109. The van der Waals surface area contributed by atoms with Crippen LogP contribution in [0.2, 0.25) is 0 Å². The molecule has 0 saturated carbocycles. The number of carbonyl (C=O) groups is 1. The van der Waals surface area contributed by atoms with Gasteiger partial charge in [-0.3, -0.25) is 4.79 Å². The Bertz CT molecular complexity index is 320. The zero-order valence-corrected chi connectivity index (χ0v) is 8.45. The van der Waals surface area contributed by atoms with Gasteiger partial charge in [0.2, 0.25) is 5.95 Å². The summed E-state index contributed by atoms with van der Waals surface area (Å²) in [6.07, 6.45) is 1.30. The zero-order valence-electron chi connectivity index (χ0n) is 7.64. The summed E-state index contributed by atoms with van der Waals surface area (Å²) < 4.78 is 4.73. The number of thioether (sulfide) groups is 1. The fraction of sp³-hybridized carbons (Fsp3) is 0.429. The average molecular weight is 214 g/mol. The average Bonchev–Trinajstić information content (AvgIpc) is 2.15. The van der Waals surface area contributed by atoms with Gasteiger partial charge in [0.1, 0.15) is 6.33 Å². The van der Waals surface area contributed by atoms with Crippen LogP contribution in [-0.4, -0.2) is 33.3 Å². The number of nitrogen functional groups attached to an aromatic ring is 1. The van der Waals surface area contributed by atoms with E-state index in [9.17, 15) is 4.79 Å². The van der Waals surface area contributed by atoms with Gasteiger partial charge in [0.05, 0.1) is 12.4 Å². The van der Waals surface area contributed by atoms with E-state index in [1.165, 1.54) is 18.1 Å². The molecule has 0 unspecified atom stereocenters. The molecule has 0 bridgehead atoms. The minimum atomic E-state index is -0.295. The lowest BCUT2D eigenvalue weighted by molar-refractivity contribution is -0.139. The Hall–Kier alpha value is -1.37. The molecule has 1 heterocycles. The Morgan fingerprint density at radius 2 is 2.43 bits per heavy atom. The Kier molecular flexibility index (Phi) is 4.11. The third-order valence-corrected chi connectivity index (χ3v) is 2.03. The van der Waals surface area contributed by atoms with Crippen LogP contribution in [0.4, 0.5) is 5.95 Å². The highest BCUT2D eigenvalue weighted by Gasteiger charge is 2.05. The molecule has 0 aliphatic heterocycles. The molecule has 6 nitrogen and oxygen atoms in total. The van der Waals surface area contributed by atoms with Crippen LogP contribution < -0.4 is 5.73 Å². The number of hydrogen-bond donors (Lipinski definition) is 1. The second-order valence-electron chi connectivity index (χ2n) is 2.22. The first kappa shape index (κ1) is 10.7. The van der Waals surface area contributed by atoms with Crippen LogP contribution in [0.5, 0.6) is 0 Å². The molecular formula is C7H10N4O2S. The molecule has 76 valence electrons. The minimum absolute atomic E-state index is 0.145. The Morgan fingerprint density at radius 3 is 3.07 bits per heavy atom. The maximum atomic E-state index is 11.0. The van der Waals surface area contributed by atoms with Gasteiger partial charge in [-0.2, -0.15) is 4.98 Å². The van der Waals surface area contributed by atoms with Crippen molar-refractivity contribution in [3.8, 4) is 0 Å². The summed E-state index contributed by atoms with van der Waals surface area (Å²) in [6.45, 7) is 2.13. The van der Waals surface area contributed by atoms with Crippen LogP contribution in [0, 0.1) is 0 Å². The Labute approximate surface area is 85.3 Å². The topological polar surface area (TPSA) is 91.0 Å². The molecule has 0 fully saturated rings. The molecule has 0 atom stereocenters. The van der Waals surface area contributed by atoms with Gasteiger partial charge in [0.15, 0.2) is 5.16 Å². The van der Waals surface area contributed by atoms with Gasteiger partial charge in [0, 0.05) is 0 Å². The first-order valence-corrected chi connectivity index (χ1v) is 4.94. The summed E-state index contributed by atoms with van der Waals surface area (Å²) in [5.74, 6) is 0.0277. The molecule has 0 spiro atoms. The smallest absolute Gasteiger partial charge is 0.316 e. The number of rotatable bonds is 4. The zero-order chi connectivity index (χ0) is 10.4. The number of carbonyl (C=O) groups excluding carboxylic acids is 1. The third-order valence-electron chi connectivity index (χ3n) is 1.19. The van der Waals surface area contributed by atoms with Crippen molar-refractivity contribution in [2.75, 3.05) is 18.1 Å². The van der Waals surface area contributed by atoms with Gasteiger partial charge in [0.25, 0.3) is 0 Å². The monoisotopic (exact) mass is 214 g/mol. The molecule has 14 heavy (non-hydrogen) atoms. The molecule has 0 amide bonds. The van der Waals surface area contributed by atoms with Crippen molar-refractivity contribution in [2.45, 2.75) is 12.1 Å². The van der Waals surface area contributed by atoms with E-state index in [2.05, 4.69) is 15.0 Å². The Morgan fingerprint density at radius 1 is 1.64 bits per heavy atom. The molecular weight excluding hydrogens is 204 g/mol. The number of esters is 1. The van der Waals surface area contributed by atoms with E-state index in [1.54, 1.807) is 6.92 Å². The number of ether oxygens (including phenoxy) is 1. The summed E-state index contributed by atoms with van der Waals surface area (Å²) >= 11 is 1.17. The molecule has 2 N–H and O–H groups in total. The van der Waals surface area contributed by atoms with Crippen LogP contribution in [0.25, 0.3) is 0 Å². The quantitative estimate of drug-likeness (QED) is 0.561. The van der Waals surface area contributed by atoms with E-state index in [1.807, 2.05) is 0 Å². The maximum Gasteiger partial charge on any atom is 0.316 e. The van der Waals surface area contributed by atoms with Gasteiger partial charge in [-0.1, -0.05) is 11.8 Å². The number of nitrogens with zero attached hydrogens (tertiary/aromatic N) is 3. The number of hydrogen-bond acceptors (Lipinski definition) is 7. The standard InChI is InChI=1S/C7H10N4O2S/c1-2-13-5(12)3-14-7-10-4-9-6(8)11-7/h4H,2-3H2,1H3,(H2,8,9,10,11). The highest BCUT2D eigenvalue weighted by atomic mass is 32.2. The lowest BCUT2D eigenvalue weighted by atomic mass is 10.8. The lowest BCUT2D eigenvalue weighted by Crippen LogP contribution is -2.07. The van der Waals surface area contributed by atoms with Crippen LogP contribution >= 0.6 is 11.8 Å². The van der Waals surface area contributed by atoms with Crippen molar-refractivity contribution in [2.24, 2.45) is 0 Å². The van der Waals surface area contributed by atoms with Crippen molar-refractivity contribution in [3.63, 3.8) is 0 Å². The second-order valence-corrected chi connectivity index (χ2v) is 3.16. The number of anilines is 1. The van der Waals surface area contributed by atoms with Gasteiger partial charge in [-0.15, -0.1) is 0 Å². The normalized spacial score (nSPS) is 9.79. The molecule has 1 rings (SSSR count). The van der Waals surface area contributed by atoms with Crippen molar-refractivity contribution in [1.29, 1.82) is 0 Å². The molecule has 0 radical (unpaired) electrons. The molecule has 0 saturated heterocycles. The van der Waals surface area contributed by atoms with Crippen molar-refractivity contribution in [1.82, 2.24) is 15.0 Å². The van der Waals surface area contributed by atoms with Gasteiger partial charge < -0.3 is 10.5 Å². The molecule has 0 aliphatic carbocycles. The van der Waals surface area contributed by atoms with Crippen molar-refractivity contribution < 1.29 is 9.53 Å². The highest BCUT2D eigenvalue weighted by molar-refractivity contribution is 7.99. The van der Waals surface area contributed by atoms with E-state index in [4.69, 9.17) is 10.5 Å². The van der Waals surface area contributed by atoms with Gasteiger partial charge in [-0.25, -0.2) is 9.97 Å². The van der Waals surface area contributed by atoms with Crippen LogP contribution in [0.3, 0.4) is 0 Å². The van der Waals surface area contributed by atoms with E-state index in [-0.39, 0.29) is 17.7 Å². The Balaban J connectivity index is 2.41. The summed E-state index contributed by atoms with van der Waals surface area (Å²) in [6, 6.07) is 0. The highest BCUT2D eigenvalue weighted by Crippen LogP contribution is 2.11. The van der Waals surface area contributed by atoms with Gasteiger partial charge in [-0.05, 0) is 6.92 Å². The SMILES string of the molecule is CCOC(=O)CSc1ncnc(N)n1. The lowest BCUT2D eigenvalue weighted by Gasteiger charge is -2.00. The second kappa shape index (κ2) is 5.38. The largest absolute Gasteiger partial charge is 0.465 e. The van der Waals surface area contributed by atoms with E-state index >= 15 is 0 Å². The molecule has 0 aromatic carbocycles. The van der Waals surface area contributed by atoms with E-state index in [0.717, 1.165) is 0 Å². The summed E-state index contributed by atoms with van der Waals surface area (Å²) in [4.78, 5) is 22.2. The van der Waals surface area contributed by atoms with E-state index < -0.39 is 0 Å². The van der Waals surface area contributed by atoms with Crippen molar-refractivity contribution >= 4 is 23.7 Å².